The van der Waals surface area contributed by atoms with Crippen molar-refractivity contribution in [1.29, 1.82) is 0 Å². The molecule has 33 heavy (non-hydrogen) atoms. The van der Waals surface area contributed by atoms with E-state index in [1.165, 1.54) is 17.4 Å². The molecule has 0 saturated heterocycles. The summed E-state index contributed by atoms with van der Waals surface area (Å²) in [5, 5.41) is 11.1. The molecule has 0 fully saturated rings. The molecule has 0 aliphatic heterocycles. The number of benzene rings is 2. The number of carbonyl (C=O) groups excluding carboxylic acids is 1. The molecule has 1 N–H and O–H groups in total. The van der Waals surface area contributed by atoms with E-state index in [9.17, 15) is 4.79 Å². The third kappa shape index (κ3) is 6.43. The Labute approximate surface area is 196 Å². The van der Waals surface area contributed by atoms with Gasteiger partial charge in [0.15, 0.2) is 12.3 Å². The third-order valence-corrected chi connectivity index (χ3v) is 5.37. The standard InChI is InChI=1S/C24H24ClN5O3/c1-17-14-21(10-5-18(17)4-2-3-12-30-13-11-26-29-30)32-16-23-28-22(15-33-23)24(31)27-20-8-6-19(25)7-9-20/h5-11,13-15H,2-4,12,16H2,1H3,(H,27,31). The summed E-state index contributed by atoms with van der Waals surface area (Å²) < 4.78 is 13.0. The van der Waals surface area contributed by atoms with Crippen LogP contribution in [0.1, 0.15) is 40.3 Å². The van der Waals surface area contributed by atoms with Crippen LogP contribution in [0.2, 0.25) is 5.02 Å². The van der Waals surface area contributed by atoms with E-state index in [0.29, 0.717) is 16.6 Å². The lowest BCUT2D eigenvalue weighted by Gasteiger charge is -2.09. The summed E-state index contributed by atoms with van der Waals surface area (Å²) in [6, 6.07) is 12.9. The molecule has 9 heteroatoms. The van der Waals surface area contributed by atoms with Crippen LogP contribution in [0, 0.1) is 6.92 Å². The van der Waals surface area contributed by atoms with E-state index < -0.39 is 0 Å². The monoisotopic (exact) mass is 465 g/mol. The van der Waals surface area contributed by atoms with E-state index in [1.54, 1.807) is 30.5 Å². The van der Waals surface area contributed by atoms with Crippen LogP contribution in [-0.4, -0.2) is 25.9 Å². The van der Waals surface area contributed by atoms with Crippen molar-refractivity contribution in [1.82, 2.24) is 20.0 Å². The van der Waals surface area contributed by atoms with Crippen LogP contribution in [0.5, 0.6) is 5.75 Å². The second kappa shape index (κ2) is 10.8. The smallest absolute Gasteiger partial charge is 0.277 e. The van der Waals surface area contributed by atoms with E-state index in [0.717, 1.165) is 31.6 Å². The maximum absolute atomic E-state index is 12.3. The fraction of sp³-hybridized carbons (Fsp3) is 0.250. The average molecular weight is 466 g/mol. The van der Waals surface area contributed by atoms with Crippen molar-refractivity contribution in [2.75, 3.05) is 5.32 Å². The summed E-state index contributed by atoms with van der Waals surface area (Å²) in [6.45, 7) is 3.07. The Morgan fingerprint density at radius 3 is 2.79 bits per heavy atom. The van der Waals surface area contributed by atoms with Crippen LogP contribution in [0.25, 0.3) is 0 Å². The van der Waals surface area contributed by atoms with Gasteiger partial charge in [0.1, 0.15) is 12.0 Å². The number of unbranched alkanes of at least 4 members (excludes halogenated alkanes) is 1. The van der Waals surface area contributed by atoms with Gasteiger partial charge in [-0.2, -0.15) is 0 Å². The van der Waals surface area contributed by atoms with Crippen LogP contribution in [0.15, 0.2) is 65.5 Å². The quantitative estimate of drug-likeness (QED) is 0.328. The summed E-state index contributed by atoms with van der Waals surface area (Å²) >= 11 is 5.86. The number of aromatic nitrogens is 4. The number of amides is 1. The zero-order valence-electron chi connectivity index (χ0n) is 18.2. The van der Waals surface area contributed by atoms with E-state index >= 15 is 0 Å². The molecule has 0 bridgehead atoms. The molecule has 4 aromatic rings. The first-order chi connectivity index (χ1) is 16.1. The summed E-state index contributed by atoms with van der Waals surface area (Å²) in [7, 11) is 0. The fourth-order valence-corrected chi connectivity index (χ4v) is 3.46. The maximum Gasteiger partial charge on any atom is 0.277 e. The number of hydrogen-bond donors (Lipinski definition) is 1. The van der Waals surface area contributed by atoms with E-state index in [4.69, 9.17) is 20.8 Å². The Bertz CT molecular complexity index is 1190. The Morgan fingerprint density at radius 1 is 1.18 bits per heavy atom. The Morgan fingerprint density at radius 2 is 2.03 bits per heavy atom. The normalized spacial score (nSPS) is 10.8. The van der Waals surface area contributed by atoms with Gasteiger partial charge >= 0.3 is 0 Å². The number of nitrogens with one attached hydrogen (secondary N) is 1. The minimum Gasteiger partial charge on any atom is -0.484 e. The molecule has 0 spiro atoms. The van der Waals surface area contributed by atoms with Crippen LogP contribution < -0.4 is 10.1 Å². The number of anilines is 1. The van der Waals surface area contributed by atoms with E-state index in [2.05, 4.69) is 33.6 Å². The lowest BCUT2D eigenvalue weighted by molar-refractivity contribution is 0.102. The third-order valence-electron chi connectivity index (χ3n) is 5.12. The van der Waals surface area contributed by atoms with Crippen molar-refractivity contribution >= 4 is 23.2 Å². The molecular weight excluding hydrogens is 442 g/mol. The molecule has 2 aromatic carbocycles. The number of halogens is 1. The largest absolute Gasteiger partial charge is 0.484 e. The topological polar surface area (TPSA) is 95.1 Å². The van der Waals surface area contributed by atoms with Gasteiger partial charge in [-0.15, -0.1) is 5.10 Å². The molecule has 4 rings (SSSR count). The summed E-state index contributed by atoms with van der Waals surface area (Å²) in [6.07, 6.45) is 7.99. The number of nitrogens with zero attached hydrogens (tertiary/aromatic N) is 4. The number of aryl methyl sites for hydroxylation is 3. The predicted molar refractivity (Wildman–Crippen MR) is 124 cm³/mol. The van der Waals surface area contributed by atoms with Gasteiger partial charge in [0.05, 0.1) is 6.20 Å². The average Bonchev–Trinajstić information content (AvgIpc) is 3.50. The first-order valence-electron chi connectivity index (χ1n) is 10.6. The molecule has 0 atom stereocenters. The number of carbonyl (C=O) groups is 1. The lowest BCUT2D eigenvalue weighted by Crippen LogP contribution is -2.12. The van der Waals surface area contributed by atoms with Gasteiger partial charge in [0.25, 0.3) is 5.91 Å². The predicted octanol–water partition coefficient (Wildman–Crippen LogP) is 5.08. The molecule has 0 aliphatic rings. The van der Waals surface area contributed by atoms with Crippen LogP contribution in [-0.2, 0) is 19.6 Å². The van der Waals surface area contributed by atoms with Gasteiger partial charge in [0.2, 0.25) is 5.89 Å². The molecule has 0 radical (unpaired) electrons. The van der Waals surface area contributed by atoms with Gasteiger partial charge < -0.3 is 14.5 Å². The minimum absolute atomic E-state index is 0.130. The highest BCUT2D eigenvalue weighted by molar-refractivity contribution is 6.30. The molecule has 8 nitrogen and oxygen atoms in total. The highest BCUT2D eigenvalue weighted by atomic mass is 35.5. The minimum atomic E-state index is -0.365. The molecule has 0 unspecified atom stereocenters. The number of rotatable bonds is 10. The zero-order valence-corrected chi connectivity index (χ0v) is 19.0. The van der Waals surface area contributed by atoms with Gasteiger partial charge in [-0.3, -0.25) is 9.48 Å². The Hall–Kier alpha value is -3.65. The number of hydrogen-bond acceptors (Lipinski definition) is 6. The van der Waals surface area contributed by atoms with Crippen molar-refractivity contribution in [2.45, 2.75) is 39.3 Å². The number of ether oxygens (including phenoxy) is 1. The molecule has 0 aliphatic carbocycles. The molecule has 2 aromatic heterocycles. The van der Waals surface area contributed by atoms with Gasteiger partial charge in [-0.05, 0) is 73.7 Å². The second-order valence-corrected chi connectivity index (χ2v) is 8.02. The van der Waals surface area contributed by atoms with Gasteiger partial charge in [-0.25, -0.2) is 4.98 Å². The number of oxazole rings is 1. The molecule has 170 valence electrons. The van der Waals surface area contributed by atoms with Crippen molar-refractivity contribution in [3.63, 3.8) is 0 Å². The zero-order chi connectivity index (χ0) is 23.0. The van der Waals surface area contributed by atoms with Crippen molar-refractivity contribution in [3.05, 3.63) is 88.9 Å². The van der Waals surface area contributed by atoms with E-state index in [-0.39, 0.29) is 18.2 Å². The van der Waals surface area contributed by atoms with Crippen LogP contribution in [0.4, 0.5) is 5.69 Å². The van der Waals surface area contributed by atoms with Crippen LogP contribution in [0.3, 0.4) is 0 Å². The highest BCUT2D eigenvalue weighted by Gasteiger charge is 2.13. The molecule has 2 heterocycles. The van der Waals surface area contributed by atoms with Crippen LogP contribution >= 0.6 is 11.6 Å². The summed E-state index contributed by atoms with van der Waals surface area (Å²) in [4.78, 5) is 16.5. The summed E-state index contributed by atoms with van der Waals surface area (Å²) in [5.74, 6) is 0.687. The van der Waals surface area contributed by atoms with Gasteiger partial charge in [0, 0.05) is 23.5 Å². The highest BCUT2D eigenvalue weighted by Crippen LogP contribution is 2.20. The summed E-state index contributed by atoms with van der Waals surface area (Å²) in [5.41, 5.74) is 3.27. The molecule has 0 saturated carbocycles. The SMILES string of the molecule is Cc1cc(OCc2nc(C(=O)Nc3ccc(Cl)cc3)co2)ccc1CCCCn1ccnn1. The first-order valence-corrected chi connectivity index (χ1v) is 11.0. The fourth-order valence-electron chi connectivity index (χ4n) is 3.33. The second-order valence-electron chi connectivity index (χ2n) is 7.59. The van der Waals surface area contributed by atoms with Gasteiger partial charge in [-0.1, -0.05) is 22.9 Å². The Balaban J connectivity index is 1.25. The maximum atomic E-state index is 12.3. The molecular formula is C24H24ClN5O3. The molecule has 1 amide bonds. The lowest BCUT2D eigenvalue weighted by atomic mass is 10.0. The van der Waals surface area contributed by atoms with Crippen molar-refractivity contribution in [3.8, 4) is 5.75 Å². The van der Waals surface area contributed by atoms with E-state index in [1.807, 2.05) is 23.0 Å². The van der Waals surface area contributed by atoms with Crippen molar-refractivity contribution < 1.29 is 13.9 Å². The first kappa shape index (κ1) is 22.5. The van der Waals surface area contributed by atoms with Crippen molar-refractivity contribution in [2.24, 2.45) is 0 Å². The Kier molecular flexibility index (Phi) is 7.36.